The highest BCUT2D eigenvalue weighted by molar-refractivity contribution is 6.78. The van der Waals surface area contributed by atoms with E-state index < -0.39 is 22.9 Å². The van der Waals surface area contributed by atoms with Gasteiger partial charge in [-0.05, 0) is 58.6 Å². The fraction of sp³-hybridized carbons (Fsp3) is 0.838. The lowest BCUT2D eigenvalue weighted by Gasteiger charge is -2.55. The van der Waals surface area contributed by atoms with Crippen molar-refractivity contribution in [3.8, 4) is 0 Å². The molecule has 1 heterocycles. The van der Waals surface area contributed by atoms with Gasteiger partial charge in [-0.15, -0.1) is 0 Å². The van der Waals surface area contributed by atoms with Crippen LogP contribution in [0.4, 0.5) is 0 Å². The van der Waals surface area contributed by atoms with Gasteiger partial charge in [0, 0.05) is 0 Å². The fourth-order valence-corrected chi connectivity index (χ4v) is 20.2. The van der Waals surface area contributed by atoms with Crippen molar-refractivity contribution < 1.29 is 23.1 Å². The number of hydrogen-bond acceptors (Lipinski definition) is 5. The van der Waals surface area contributed by atoms with E-state index in [2.05, 4.69) is 120 Å². The Balaban J connectivity index is 2.16. The highest BCUT2D eigenvalue weighted by Crippen LogP contribution is 2.49. The molecule has 0 radical (unpaired) electrons. The first-order valence-electron chi connectivity index (χ1n) is 18.0. The molecule has 0 unspecified atom stereocenters. The molecular formula is C37H68O5Si2. The molecule has 1 aliphatic carbocycles. The molecule has 0 bridgehead atoms. The lowest BCUT2D eigenvalue weighted by atomic mass is 9.96. The molecule has 1 saturated carbocycles. The first kappa shape index (κ1) is 37.9. The third-order valence-corrected chi connectivity index (χ3v) is 23.2. The zero-order valence-corrected chi connectivity index (χ0v) is 32.6. The van der Waals surface area contributed by atoms with Gasteiger partial charge in [-0.3, -0.25) is 0 Å². The molecule has 1 saturated heterocycles. The molecule has 0 amide bonds. The Morgan fingerprint density at radius 2 is 1.09 bits per heavy atom. The van der Waals surface area contributed by atoms with Crippen LogP contribution in [0, 0.1) is 0 Å². The summed E-state index contributed by atoms with van der Waals surface area (Å²) in [6.45, 7) is 31.1. The molecular weight excluding hydrogens is 581 g/mol. The van der Waals surface area contributed by atoms with Gasteiger partial charge in [0.05, 0.1) is 24.9 Å². The van der Waals surface area contributed by atoms with Crippen LogP contribution < -0.4 is 0 Å². The molecule has 254 valence electrons. The van der Waals surface area contributed by atoms with Crippen molar-refractivity contribution in [3.63, 3.8) is 0 Å². The van der Waals surface area contributed by atoms with Crippen molar-refractivity contribution in [1.82, 2.24) is 0 Å². The van der Waals surface area contributed by atoms with Crippen LogP contribution in [0.3, 0.4) is 0 Å². The van der Waals surface area contributed by atoms with Gasteiger partial charge in [-0.2, -0.15) is 0 Å². The predicted molar refractivity (Wildman–Crippen MR) is 189 cm³/mol. The molecule has 1 aromatic rings. The summed E-state index contributed by atoms with van der Waals surface area (Å²) in [5.74, 6) is 0. The van der Waals surface area contributed by atoms with Crippen LogP contribution in [0.5, 0.6) is 0 Å². The Morgan fingerprint density at radius 1 is 0.636 bits per heavy atom. The monoisotopic (exact) mass is 648 g/mol. The number of hydrogen-bond donors (Lipinski definition) is 0. The van der Waals surface area contributed by atoms with Crippen molar-refractivity contribution >= 4 is 16.6 Å². The van der Waals surface area contributed by atoms with Crippen LogP contribution >= 0.6 is 0 Å². The van der Waals surface area contributed by atoms with Crippen molar-refractivity contribution in [2.24, 2.45) is 0 Å². The minimum absolute atomic E-state index is 0.175. The molecule has 7 heteroatoms. The summed E-state index contributed by atoms with van der Waals surface area (Å²) in [5.41, 5.74) is 3.84. The van der Waals surface area contributed by atoms with Crippen molar-refractivity contribution in [1.29, 1.82) is 0 Å². The first-order valence-corrected chi connectivity index (χ1v) is 22.3. The van der Waals surface area contributed by atoms with Gasteiger partial charge in [-0.1, -0.05) is 133 Å². The number of benzene rings is 1. The molecule has 0 spiro atoms. The Labute approximate surface area is 273 Å². The van der Waals surface area contributed by atoms with E-state index in [1.807, 2.05) is 0 Å². The molecule has 5 atom stereocenters. The van der Waals surface area contributed by atoms with Gasteiger partial charge >= 0.3 is 0 Å². The zero-order valence-electron chi connectivity index (χ0n) is 30.6. The molecule has 5 nitrogen and oxygen atoms in total. The molecule has 2 aliphatic rings. The van der Waals surface area contributed by atoms with E-state index in [-0.39, 0.29) is 30.5 Å². The third kappa shape index (κ3) is 8.29. The second-order valence-electron chi connectivity index (χ2n) is 15.7. The highest BCUT2D eigenvalue weighted by atomic mass is 28.4. The summed E-state index contributed by atoms with van der Waals surface area (Å²) in [4.78, 5) is 0. The maximum atomic E-state index is 7.80. The Hall–Kier alpha value is -0.546. The Morgan fingerprint density at radius 3 is 1.55 bits per heavy atom. The van der Waals surface area contributed by atoms with Crippen LogP contribution in [0.2, 0.25) is 33.2 Å². The Bertz CT molecular complexity index is 916. The largest absolute Gasteiger partial charge is 0.408 e. The van der Waals surface area contributed by atoms with Crippen molar-refractivity contribution in [2.45, 2.75) is 199 Å². The van der Waals surface area contributed by atoms with Gasteiger partial charge in [0.1, 0.15) is 12.2 Å². The summed E-state index contributed by atoms with van der Waals surface area (Å²) in [6, 6.07) is 10.5. The molecule has 3 rings (SSSR count). The van der Waals surface area contributed by atoms with Gasteiger partial charge < -0.3 is 23.1 Å². The van der Waals surface area contributed by atoms with Crippen LogP contribution in [0.1, 0.15) is 128 Å². The summed E-state index contributed by atoms with van der Waals surface area (Å²) in [5, 5.41) is 0. The van der Waals surface area contributed by atoms with E-state index in [0.29, 0.717) is 39.9 Å². The average Bonchev–Trinajstić information content (AvgIpc) is 2.95. The number of rotatable bonds is 15. The molecule has 2 fully saturated rings. The molecule has 0 aromatic heterocycles. The van der Waals surface area contributed by atoms with E-state index in [9.17, 15) is 0 Å². The molecule has 1 aromatic carbocycles. The third-order valence-electron chi connectivity index (χ3n) is 11.0. The molecule has 1 aliphatic heterocycles. The molecule has 0 N–H and O–H groups in total. The van der Waals surface area contributed by atoms with E-state index in [4.69, 9.17) is 23.1 Å². The summed E-state index contributed by atoms with van der Waals surface area (Å²) < 4.78 is 36.2. The summed E-state index contributed by atoms with van der Waals surface area (Å²) in [7, 11) is -4.61. The van der Waals surface area contributed by atoms with Crippen LogP contribution in [0.15, 0.2) is 30.3 Å². The second kappa shape index (κ2) is 16.5. The van der Waals surface area contributed by atoms with Gasteiger partial charge in [0.25, 0.3) is 0 Å². The normalized spacial score (nSPS) is 26.2. The van der Waals surface area contributed by atoms with Crippen molar-refractivity contribution in [3.05, 3.63) is 35.9 Å². The van der Waals surface area contributed by atoms with E-state index in [0.717, 1.165) is 18.4 Å². The van der Waals surface area contributed by atoms with Gasteiger partial charge in [0.15, 0.2) is 6.29 Å². The summed E-state index contributed by atoms with van der Waals surface area (Å²) >= 11 is 0. The second-order valence-corrected chi connectivity index (χ2v) is 26.5. The number of ether oxygens (including phenoxy) is 3. The van der Waals surface area contributed by atoms with E-state index in [1.54, 1.807) is 0 Å². The average molecular weight is 649 g/mol. The SMILES string of the molecule is CC(C)[Si](O[C@@H]1[C@@H](O[Si](C(C)C)(C(C)C)C(C)C)[C@H](C)O[C@@H](OC2CCCCC2)[C@@H]1OCc1ccccc1)(C(C)C)C(C)C. The lowest BCUT2D eigenvalue weighted by molar-refractivity contribution is -0.312. The topological polar surface area (TPSA) is 46.2 Å². The smallest absolute Gasteiger partial charge is 0.201 e. The minimum Gasteiger partial charge on any atom is -0.408 e. The lowest BCUT2D eigenvalue weighted by Crippen LogP contribution is -2.67. The maximum absolute atomic E-state index is 7.80. The molecule has 44 heavy (non-hydrogen) atoms. The fourth-order valence-electron chi connectivity index (χ4n) is 9.00. The van der Waals surface area contributed by atoms with Gasteiger partial charge in [0.2, 0.25) is 16.6 Å². The maximum Gasteiger partial charge on any atom is 0.201 e. The highest BCUT2D eigenvalue weighted by Gasteiger charge is 2.57. The minimum atomic E-state index is -2.33. The van der Waals surface area contributed by atoms with Crippen LogP contribution in [-0.2, 0) is 29.7 Å². The standard InChI is InChI=1S/C37H68O5Si2/c1-25(2)43(26(3)4,27(5)6)41-34-31(13)39-37(40-33-22-18-15-19-23-33)36(38-24-32-20-16-14-17-21-32)35(34)42-44(28(7)8,29(9)10)30(11)12/h14,16-17,20-21,25-31,33-37H,15,18-19,22-24H2,1-13H3/t31-,34-,35+,36+,37-/m0/s1. The Kier molecular flexibility index (Phi) is 14.2. The first-order chi connectivity index (χ1) is 20.7. The van der Waals surface area contributed by atoms with Gasteiger partial charge in [-0.25, -0.2) is 0 Å². The van der Waals surface area contributed by atoms with Crippen molar-refractivity contribution in [2.75, 3.05) is 0 Å². The quantitative estimate of drug-likeness (QED) is 0.177. The zero-order chi connectivity index (χ0) is 32.8. The van der Waals surface area contributed by atoms with E-state index in [1.165, 1.54) is 19.3 Å². The van der Waals surface area contributed by atoms with Crippen LogP contribution in [0.25, 0.3) is 0 Å². The summed E-state index contributed by atoms with van der Waals surface area (Å²) in [6.07, 6.45) is 4.50. The van der Waals surface area contributed by atoms with Crippen LogP contribution in [-0.4, -0.2) is 53.4 Å². The predicted octanol–water partition coefficient (Wildman–Crippen LogP) is 10.8. The van der Waals surface area contributed by atoms with E-state index >= 15 is 0 Å².